The SMILES string of the molecule is CCOc1ccc(CN(C)CC(=O)NCC(=O)NC)cc1. The van der Waals surface area contributed by atoms with Crippen molar-refractivity contribution in [2.75, 3.05) is 33.8 Å². The van der Waals surface area contributed by atoms with Crippen LogP contribution < -0.4 is 15.4 Å². The number of nitrogens with one attached hydrogen (secondary N) is 2. The van der Waals surface area contributed by atoms with Crippen molar-refractivity contribution in [3.8, 4) is 5.75 Å². The van der Waals surface area contributed by atoms with Crippen molar-refractivity contribution in [1.82, 2.24) is 15.5 Å². The quantitative estimate of drug-likeness (QED) is 0.727. The molecule has 2 amide bonds. The van der Waals surface area contributed by atoms with Crippen LogP contribution in [0.25, 0.3) is 0 Å². The average molecular weight is 293 g/mol. The van der Waals surface area contributed by atoms with Gasteiger partial charge in [0.15, 0.2) is 0 Å². The minimum absolute atomic E-state index is 0.00618. The molecule has 1 rings (SSSR count). The number of carbonyl (C=O) groups is 2. The summed E-state index contributed by atoms with van der Waals surface area (Å²) < 4.78 is 5.38. The molecule has 6 heteroatoms. The molecule has 116 valence electrons. The average Bonchev–Trinajstić information content (AvgIpc) is 2.47. The van der Waals surface area contributed by atoms with E-state index in [-0.39, 0.29) is 24.9 Å². The van der Waals surface area contributed by atoms with Gasteiger partial charge < -0.3 is 15.4 Å². The number of ether oxygens (including phenoxy) is 1. The molecule has 0 aliphatic rings. The molecule has 0 spiro atoms. The lowest BCUT2D eigenvalue weighted by Crippen LogP contribution is -2.40. The van der Waals surface area contributed by atoms with Crippen molar-refractivity contribution in [3.05, 3.63) is 29.8 Å². The van der Waals surface area contributed by atoms with Crippen LogP contribution in [0, 0.1) is 0 Å². The maximum Gasteiger partial charge on any atom is 0.239 e. The second-order valence-corrected chi connectivity index (χ2v) is 4.70. The van der Waals surface area contributed by atoms with E-state index < -0.39 is 0 Å². The predicted octanol–water partition coefficient (Wildman–Crippen LogP) is 0.379. The van der Waals surface area contributed by atoms with Crippen molar-refractivity contribution in [1.29, 1.82) is 0 Å². The molecule has 0 radical (unpaired) electrons. The molecule has 21 heavy (non-hydrogen) atoms. The maximum absolute atomic E-state index is 11.7. The molecule has 0 unspecified atom stereocenters. The zero-order valence-corrected chi connectivity index (χ0v) is 12.8. The van der Waals surface area contributed by atoms with Crippen LogP contribution in [-0.4, -0.2) is 50.5 Å². The van der Waals surface area contributed by atoms with Crippen LogP contribution in [0.2, 0.25) is 0 Å². The molecular weight excluding hydrogens is 270 g/mol. The summed E-state index contributed by atoms with van der Waals surface area (Å²) in [5.41, 5.74) is 1.10. The molecule has 0 bridgehead atoms. The van der Waals surface area contributed by atoms with E-state index in [1.807, 2.05) is 43.1 Å². The van der Waals surface area contributed by atoms with Crippen LogP contribution in [0.3, 0.4) is 0 Å². The summed E-state index contributed by atoms with van der Waals surface area (Å²) in [5, 5.41) is 5.01. The molecule has 0 atom stereocenters. The largest absolute Gasteiger partial charge is 0.494 e. The summed E-state index contributed by atoms with van der Waals surface area (Å²) in [6, 6.07) is 7.78. The van der Waals surface area contributed by atoms with E-state index in [1.54, 1.807) is 0 Å². The Labute approximate surface area is 125 Å². The Morgan fingerprint density at radius 3 is 2.43 bits per heavy atom. The van der Waals surface area contributed by atoms with Gasteiger partial charge in [0.25, 0.3) is 0 Å². The van der Waals surface area contributed by atoms with Gasteiger partial charge in [0, 0.05) is 13.6 Å². The Balaban J connectivity index is 2.37. The van der Waals surface area contributed by atoms with Crippen LogP contribution in [0.4, 0.5) is 0 Å². The number of carbonyl (C=O) groups excluding carboxylic acids is 2. The highest BCUT2D eigenvalue weighted by atomic mass is 16.5. The van der Waals surface area contributed by atoms with Gasteiger partial charge >= 0.3 is 0 Å². The number of likely N-dealkylation sites (N-methyl/N-ethyl adjacent to an activating group) is 2. The zero-order chi connectivity index (χ0) is 15.7. The van der Waals surface area contributed by atoms with Crippen molar-refractivity contribution in [2.24, 2.45) is 0 Å². The summed E-state index contributed by atoms with van der Waals surface area (Å²) in [6.45, 7) is 3.49. The number of benzene rings is 1. The molecule has 0 aromatic heterocycles. The third-order valence-electron chi connectivity index (χ3n) is 2.83. The number of amides is 2. The van der Waals surface area contributed by atoms with Gasteiger partial charge in [-0.1, -0.05) is 12.1 Å². The Kier molecular flexibility index (Phi) is 7.25. The van der Waals surface area contributed by atoms with Gasteiger partial charge in [0.1, 0.15) is 5.75 Å². The first kappa shape index (κ1) is 17.0. The molecule has 2 N–H and O–H groups in total. The first-order valence-corrected chi connectivity index (χ1v) is 6.92. The summed E-state index contributed by atoms with van der Waals surface area (Å²) in [5.74, 6) is 0.455. The smallest absolute Gasteiger partial charge is 0.239 e. The molecule has 0 heterocycles. The van der Waals surface area contributed by atoms with E-state index in [9.17, 15) is 9.59 Å². The van der Waals surface area contributed by atoms with Crippen LogP contribution in [-0.2, 0) is 16.1 Å². The predicted molar refractivity (Wildman–Crippen MR) is 81.0 cm³/mol. The van der Waals surface area contributed by atoms with E-state index in [2.05, 4.69) is 10.6 Å². The summed E-state index contributed by atoms with van der Waals surface area (Å²) in [6.07, 6.45) is 0. The van der Waals surface area contributed by atoms with Crippen LogP contribution in [0.1, 0.15) is 12.5 Å². The second kappa shape index (κ2) is 8.97. The van der Waals surface area contributed by atoms with Gasteiger partial charge in [-0.25, -0.2) is 0 Å². The van der Waals surface area contributed by atoms with Crippen molar-refractivity contribution < 1.29 is 14.3 Å². The van der Waals surface area contributed by atoms with Gasteiger partial charge in [-0.15, -0.1) is 0 Å². The van der Waals surface area contributed by atoms with E-state index >= 15 is 0 Å². The number of rotatable bonds is 8. The highest BCUT2D eigenvalue weighted by Gasteiger charge is 2.08. The van der Waals surface area contributed by atoms with Gasteiger partial charge in [0.05, 0.1) is 19.7 Å². The van der Waals surface area contributed by atoms with Gasteiger partial charge in [-0.2, -0.15) is 0 Å². The monoisotopic (exact) mass is 293 g/mol. The minimum atomic E-state index is -0.211. The van der Waals surface area contributed by atoms with Crippen LogP contribution in [0.5, 0.6) is 5.75 Å². The summed E-state index contributed by atoms with van der Waals surface area (Å²) in [4.78, 5) is 24.6. The third kappa shape index (κ3) is 6.76. The molecular formula is C15H23N3O3. The second-order valence-electron chi connectivity index (χ2n) is 4.70. The highest BCUT2D eigenvalue weighted by Crippen LogP contribution is 2.13. The van der Waals surface area contributed by atoms with E-state index in [1.165, 1.54) is 7.05 Å². The topological polar surface area (TPSA) is 70.7 Å². The lowest BCUT2D eigenvalue weighted by Gasteiger charge is -2.16. The molecule has 0 aliphatic carbocycles. The lowest BCUT2D eigenvalue weighted by atomic mass is 10.2. The fourth-order valence-electron chi connectivity index (χ4n) is 1.79. The van der Waals surface area contributed by atoms with Gasteiger partial charge in [-0.3, -0.25) is 14.5 Å². The maximum atomic E-state index is 11.7. The third-order valence-corrected chi connectivity index (χ3v) is 2.83. The van der Waals surface area contributed by atoms with Crippen LogP contribution in [0.15, 0.2) is 24.3 Å². The summed E-state index contributed by atoms with van der Waals surface area (Å²) >= 11 is 0. The molecule has 0 saturated carbocycles. The number of hydrogen-bond acceptors (Lipinski definition) is 4. The Morgan fingerprint density at radius 1 is 1.19 bits per heavy atom. The fraction of sp³-hybridized carbons (Fsp3) is 0.467. The van der Waals surface area contributed by atoms with Crippen LogP contribution >= 0.6 is 0 Å². The molecule has 1 aromatic carbocycles. The van der Waals surface area contributed by atoms with Crippen molar-refractivity contribution >= 4 is 11.8 Å². The fourth-order valence-corrected chi connectivity index (χ4v) is 1.79. The van der Waals surface area contributed by atoms with E-state index in [4.69, 9.17) is 4.74 Å². The normalized spacial score (nSPS) is 10.3. The highest BCUT2D eigenvalue weighted by molar-refractivity contribution is 5.85. The first-order chi connectivity index (χ1) is 10.0. The van der Waals surface area contributed by atoms with E-state index in [0.717, 1.165) is 11.3 Å². The minimum Gasteiger partial charge on any atom is -0.494 e. The molecule has 0 fully saturated rings. The van der Waals surface area contributed by atoms with Gasteiger partial charge in [-0.05, 0) is 31.7 Å². The number of hydrogen-bond donors (Lipinski definition) is 2. The van der Waals surface area contributed by atoms with Crippen molar-refractivity contribution in [3.63, 3.8) is 0 Å². The molecule has 0 aliphatic heterocycles. The molecule has 6 nitrogen and oxygen atoms in total. The first-order valence-electron chi connectivity index (χ1n) is 6.92. The number of nitrogens with zero attached hydrogens (tertiary/aromatic N) is 1. The molecule has 1 aromatic rings. The van der Waals surface area contributed by atoms with Crippen molar-refractivity contribution in [2.45, 2.75) is 13.5 Å². The Morgan fingerprint density at radius 2 is 1.86 bits per heavy atom. The summed E-state index contributed by atoms with van der Waals surface area (Å²) in [7, 11) is 3.39. The van der Waals surface area contributed by atoms with Gasteiger partial charge in [0.2, 0.25) is 11.8 Å². The zero-order valence-electron chi connectivity index (χ0n) is 12.8. The Bertz CT molecular complexity index is 460. The van der Waals surface area contributed by atoms with E-state index in [0.29, 0.717) is 13.2 Å². The standard InChI is InChI=1S/C15H23N3O3/c1-4-21-13-7-5-12(6-8-13)10-18(3)11-15(20)17-9-14(19)16-2/h5-8H,4,9-11H2,1-3H3,(H,16,19)(H,17,20). The lowest BCUT2D eigenvalue weighted by molar-refractivity contribution is -0.126. The molecule has 0 saturated heterocycles. The Hall–Kier alpha value is -2.08.